The highest BCUT2D eigenvalue weighted by atomic mass is 32.2. The second-order valence-electron chi connectivity index (χ2n) is 9.65. The number of carbonyl (C=O) groups is 2. The number of aromatic carboxylic acids is 1. The van der Waals surface area contributed by atoms with Crippen molar-refractivity contribution in [3.63, 3.8) is 0 Å². The van der Waals surface area contributed by atoms with Crippen LogP contribution < -0.4 is 4.74 Å². The van der Waals surface area contributed by atoms with E-state index < -0.39 is 23.3 Å². The number of aryl methyl sites for hydroxylation is 2. The molecule has 0 aromatic heterocycles. The lowest BCUT2D eigenvalue weighted by Crippen LogP contribution is -2.26. The molecule has 7 heteroatoms. The lowest BCUT2D eigenvalue weighted by molar-refractivity contribution is -0.146. The van der Waals surface area contributed by atoms with E-state index in [1.807, 2.05) is 30.3 Å². The van der Waals surface area contributed by atoms with Gasteiger partial charge in [-0.25, -0.2) is 9.59 Å². The van der Waals surface area contributed by atoms with Crippen molar-refractivity contribution < 1.29 is 29.6 Å². The summed E-state index contributed by atoms with van der Waals surface area (Å²) in [6, 6.07) is 22.9. The van der Waals surface area contributed by atoms with Gasteiger partial charge < -0.3 is 20.1 Å². The molecule has 0 amide bonds. The molecule has 3 aromatic rings. The first-order valence-electron chi connectivity index (χ1n) is 13.4. The Morgan fingerprint density at radius 3 is 2.10 bits per heavy atom. The molecule has 39 heavy (non-hydrogen) atoms. The van der Waals surface area contributed by atoms with E-state index in [1.165, 1.54) is 62.3 Å². The van der Waals surface area contributed by atoms with Crippen LogP contribution in [0.2, 0.25) is 0 Å². The summed E-state index contributed by atoms with van der Waals surface area (Å²) >= 11 is 1.31. The molecule has 0 fully saturated rings. The summed E-state index contributed by atoms with van der Waals surface area (Å²) in [6.45, 7) is 0. The summed E-state index contributed by atoms with van der Waals surface area (Å²) in [5, 5.41) is 28.8. The largest absolute Gasteiger partial charge is 0.496 e. The molecule has 0 aliphatic heterocycles. The van der Waals surface area contributed by atoms with Gasteiger partial charge in [0.15, 0.2) is 6.10 Å². The van der Waals surface area contributed by atoms with Crippen LogP contribution in [0.25, 0.3) is 0 Å². The standard InChI is InChI=1S/C32H38O6S/c1-38-28-21-25(31(34)35)19-20-26(28)22-39-30(29(33)32(36)37)27-18-12-11-17-24(27)16-10-5-3-2-4-7-13-23-14-8-6-9-15-23/h6,8-9,11-12,14-15,17-21,29-30,33H,2-5,7,10,13,16,22H2,1H3,(H,34,35)(H,36,37)/t29-,30-/m1/s1. The van der Waals surface area contributed by atoms with Crippen LogP contribution in [-0.4, -0.2) is 40.5 Å². The number of carboxylic acid groups (broad SMARTS) is 2. The number of thioether (sulfide) groups is 1. The number of ether oxygens (including phenoxy) is 1. The molecule has 3 aromatic carbocycles. The van der Waals surface area contributed by atoms with E-state index in [2.05, 4.69) is 24.3 Å². The predicted octanol–water partition coefficient (Wildman–Crippen LogP) is 6.94. The SMILES string of the molecule is COc1cc(C(=O)O)ccc1CS[C@H](c1ccccc1CCCCCCCCc1ccccc1)[C@@H](O)C(=O)O. The second kappa shape index (κ2) is 16.0. The Kier molecular flexibility index (Phi) is 12.4. The van der Waals surface area contributed by atoms with Gasteiger partial charge in [0.1, 0.15) is 5.75 Å². The smallest absolute Gasteiger partial charge is 0.335 e. The number of carboxylic acids is 2. The first-order chi connectivity index (χ1) is 18.9. The fraction of sp³-hybridized carbons (Fsp3) is 0.375. The molecule has 208 valence electrons. The molecule has 0 saturated carbocycles. The number of benzene rings is 3. The van der Waals surface area contributed by atoms with E-state index in [0.29, 0.717) is 11.5 Å². The van der Waals surface area contributed by atoms with Crippen molar-refractivity contribution in [2.45, 2.75) is 68.5 Å². The average molecular weight is 551 g/mol. The molecular formula is C32H38O6S. The summed E-state index contributed by atoms with van der Waals surface area (Å²) in [5.41, 5.74) is 4.11. The molecule has 2 atom stereocenters. The zero-order chi connectivity index (χ0) is 28.0. The Hall–Kier alpha value is -3.29. The van der Waals surface area contributed by atoms with E-state index in [9.17, 15) is 24.9 Å². The number of aliphatic hydroxyl groups excluding tert-OH is 1. The zero-order valence-electron chi connectivity index (χ0n) is 22.4. The van der Waals surface area contributed by atoms with E-state index in [0.717, 1.165) is 42.4 Å². The summed E-state index contributed by atoms with van der Waals surface area (Å²) in [6.07, 6.45) is 7.24. The predicted molar refractivity (Wildman–Crippen MR) is 156 cm³/mol. The van der Waals surface area contributed by atoms with Crippen LogP contribution in [0.3, 0.4) is 0 Å². The van der Waals surface area contributed by atoms with Crippen LogP contribution in [-0.2, 0) is 23.4 Å². The maximum atomic E-state index is 11.8. The Morgan fingerprint density at radius 2 is 1.44 bits per heavy atom. The first kappa shape index (κ1) is 30.3. The van der Waals surface area contributed by atoms with Crippen molar-refractivity contribution in [1.29, 1.82) is 0 Å². The third-order valence-corrected chi connectivity index (χ3v) is 8.21. The van der Waals surface area contributed by atoms with Crippen LogP contribution in [0.15, 0.2) is 72.8 Å². The fourth-order valence-electron chi connectivity index (χ4n) is 4.69. The van der Waals surface area contributed by atoms with Crippen molar-refractivity contribution in [3.05, 3.63) is 101 Å². The Labute approximate surface area is 235 Å². The molecule has 0 saturated heterocycles. The van der Waals surface area contributed by atoms with Gasteiger partial charge in [0.2, 0.25) is 0 Å². The van der Waals surface area contributed by atoms with E-state index in [4.69, 9.17) is 4.74 Å². The van der Waals surface area contributed by atoms with Gasteiger partial charge in [-0.1, -0.05) is 86.3 Å². The van der Waals surface area contributed by atoms with E-state index >= 15 is 0 Å². The van der Waals surface area contributed by atoms with Gasteiger partial charge >= 0.3 is 11.9 Å². The number of hydrogen-bond acceptors (Lipinski definition) is 5. The average Bonchev–Trinajstić information content (AvgIpc) is 2.95. The molecule has 0 radical (unpaired) electrons. The molecule has 0 aliphatic rings. The summed E-state index contributed by atoms with van der Waals surface area (Å²) < 4.78 is 5.37. The van der Waals surface area contributed by atoms with Gasteiger partial charge in [-0.05, 0) is 54.5 Å². The van der Waals surface area contributed by atoms with Crippen LogP contribution >= 0.6 is 11.8 Å². The van der Waals surface area contributed by atoms with Crippen LogP contribution in [0.4, 0.5) is 0 Å². The number of rotatable bonds is 17. The molecular weight excluding hydrogens is 512 g/mol. The third-order valence-electron chi connectivity index (χ3n) is 6.86. The minimum atomic E-state index is -1.58. The number of aliphatic hydroxyl groups is 1. The van der Waals surface area contributed by atoms with Gasteiger partial charge in [0.25, 0.3) is 0 Å². The quantitative estimate of drug-likeness (QED) is 0.156. The first-order valence-corrected chi connectivity index (χ1v) is 14.5. The summed E-state index contributed by atoms with van der Waals surface area (Å²) in [4.78, 5) is 23.1. The maximum absolute atomic E-state index is 11.8. The molecule has 6 nitrogen and oxygen atoms in total. The van der Waals surface area contributed by atoms with E-state index in [1.54, 1.807) is 6.07 Å². The van der Waals surface area contributed by atoms with Gasteiger partial charge in [-0.2, -0.15) is 0 Å². The Morgan fingerprint density at radius 1 is 0.795 bits per heavy atom. The van der Waals surface area contributed by atoms with Gasteiger partial charge in [0, 0.05) is 11.3 Å². The Bertz CT molecular complexity index is 1200. The molecule has 0 spiro atoms. The van der Waals surface area contributed by atoms with Crippen LogP contribution in [0.1, 0.15) is 76.4 Å². The fourth-order valence-corrected chi connectivity index (χ4v) is 6.00. The number of hydrogen-bond donors (Lipinski definition) is 3. The zero-order valence-corrected chi connectivity index (χ0v) is 23.2. The van der Waals surface area contributed by atoms with Crippen molar-refractivity contribution in [2.75, 3.05) is 7.11 Å². The van der Waals surface area contributed by atoms with Gasteiger partial charge in [-0.3, -0.25) is 0 Å². The van der Waals surface area contributed by atoms with E-state index in [-0.39, 0.29) is 5.56 Å². The highest BCUT2D eigenvalue weighted by Gasteiger charge is 2.29. The molecule has 3 N–H and O–H groups in total. The monoisotopic (exact) mass is 550 g/mol. The lowest BCUT2D eigenvalue weighted by Gasteiger charge is -2.23. The van der Waals surface area contributed by atoms with Crippen molar-refractivity contribution >= 4 is 23.7 Å². The van der Waals surface area contributed by atoms with Gasteiger partial charge in [-0.15, -0.1) is 11.8 Å². The minimum absolute atomic E-state index is 0.115. The normalized spacial score (nSPS) is 12.6. The van der Waals surface area contributed by atoms with Gasteiger partial charge in [0.05, 0.1) is 17.9 Å². The number of unbranched alkanes of at least 4 members (excludes halogenated alkanes) is 5. The summed E-state index contributed by atoms with van der Waals surface area (Å²) in [5.74, 6) is -1.54. The highest BCUT2D eigenvalue weighted by molar-refractivity contribution is 7.98. The molecule has 0 unspecified atom stereocenters. The summed E-state index contributed by atoms with van der Waals surface area (Å²) in [7, 11) is 1.47. The Balaban J connectivity index is 1.57. The molecule has 3 rings (SSSR count). The van der Waals surface area contributed by atoms with Crippen molar-refractivity contribution in [2.24, 2.45) is 0 Å². The van der Waals surface area contributed by atoms with Crippen molar-refractivity contribution in [1.82, 2.24) is 0 Å². The highest BCUT2D eigenvalue weighted by Crippen LogP contribution is 2.39. The number of aliphatic carboxylic acids is 1. The van der Waals surface area contributed by atoms with Crippen LogP contribution in [0, 0.1) is 0 Å². The topological polar surface area (TPSA) is 104 Å². The molecule has 0 heterocycles. The lowest BCUT2D eigenvalue weighted by atomic mass is 9.96. The minimum Gasteiger partial charge on any atom is -0.496 e. The second-order valence-corrected chi connectivity index (χ2v) is 10.8. The van der Waals surface area contributed by atoms with Crippen LogP contribution in [0.5, 0.6) is 5.75 Å². The van der Waals surface area contributed by atoms with Crippen molar-refractivity contribution in [3.8, 4) is 5.75 Å². The molecule has 0 aliphatic carbocycles. The number of methoxy groups -OCH3 is 1. The maximum Gasteiger partial charge on any atom is 0.335 e. The third kappa shape index (κ3) is 9.44. The molecule has 0 bridgehead atoms.